The lowest BCUT2D eigenvalue weighted by Crippen LogP contribution is -2.04. The highest BCUT2D eigenvalue weighted by Crippen LogP contribution is 2.23. The van der Waals surface area contributed by atoms with E-state index in [-0.39, 0.29) is 0 Å². The van der Waals surface area contributed by atoms with Crippen molar-refractivity contribution < 1.29 is 0 Å². The van der Waals surface area contributed by atoms with Crippen LogP contribution in [0, 0.1) is 0 Å². The van der Waals surface area contributed by atoms with E-state index in [0.717, 1.165) is 40.3 Å². The van der Waals surface area contributed by atoms with Gasteiger partial charge in [0.05, 0.1) is 15.9 Å². The van der Waals surface area contributed by atoms with Crippen LogP contribution in [0.3, 0.4) is 0 Å². The first kappa shape index (κ1) is 12.8. The number of rotatable bonds is 5. The van der Waals surface area contributed by atoms with Gasteiger partial charge in [-0.3, -0.25) is 0 Å². The van der Waals surface area contributed by atoms with Crippen molar-refractivity contribution in [1.29, 1.82) is 0 Å². The second-order valence-corrected chi connectivity index (χ2v) is 5.24. The van der Waals surface area contributed by atoms with Crippen molar-refractivity contribution in [3.63, 3.8) is 0 Å². The first-order chi connectivity index (χ1) is 7.19. The second kappa shape index (κ2) is 6.33. The fourth-order valence-corrected chi connectivity index (χ4v) is 2.12. The SMILES string of the molecule is CCCc1nc(CSCC)nc(N)c1Br. The van der Waals surface area contributed by atoms with E-state index in [4.69, 9.17) is 5.73 Å². The zero-order chi connectivity index (χ0) is 11.3. The van der Waals surface area contributed by atoms with Crippen molar-refractivity contribution in [2.24, 2.45) is 0 Å². The fraction of sp³-hybridized carbons (Fsp3) is 0.600. The summed E-state index contributed by atoms with van der Waals surface area (Å²) in [7, 11) is 0. The van der Waals surface area contributed by atoms with Crippen molar-refractivity contribution in [1.82, 2.24) is 9.97 Å². The van der Waals surface area contributed by atoms with Crippen LogP contribution < -0.4 is 5.73 Å². The monoisotopic (exact) mass is 289 g/mol. The van der Waals surface area contributed by atoms with Gasteiger partial charge in [0.1, 0.15) is 11.6 Å². The molecule has 0 aliphatic rings. The van der Waals surface area contributed by atoms with Gasteiger partial charge in [0, 0.05) is 0 Å². The minimum Gasteiger partial charge on any atom is -0.383 e. The van der Waals surface area contributed by atoms with Crippen molar-refractivity contribution in [3.05, 3.63) is 16.0 Å². The third-order valence-corrected chi connectivity index (χ3v) is 3.65. The van der Waals surface area contributed by atoms with Crippen LogP contribution in [0.1, 0.15) is 31.8 Å². The molecule has 3 nitrogen and oxygen atoms in total. The third kappa shape index (κ3) is 3.65. The van der Waals surface area contributed by atoms with E-state index < -0.39 is 0 Å². The van der Waals surface area contributed by atoms with Crippen molar-refractivity contribution >= 4 is 33.5 Å². The summed E-state index contributed by atoms with van der Waals surface area (Å²) in [5, 5.41) is 0. The Hall–Kier alpha value is -0.290. The average molecular weight is 290 g/mol. The Balaban J connectivity index is 2.90. The van der Waals surface area contributed by atoms with E-state index in [1.54, 1.807) is 11.8 Å². The van der Waals surface area contributed by atoms with Crippen molar-refractivity contribution in [3.8, 4) is 0 Å². The summed E-state index contributed by atoms with van der Waals surface area (Å²) >= 11 is 5.23. The summed E-state index contributed by atoms with van der Waals surface area (Å²) in [5.41, 5.74) is 6.84. The number of hydrogen-bond acceptors (Lipinski definition) is 4. The quantitative estimate of drug-likeness (QED) is 0.905. The summed E-state index contributed by atoms with van der Waals surface area (Å²) in [5.74, 6) is 3.30. The summed E-state index contributed by atoms with van der Waals surface area (Å²) in [6.45, 7) is 4.26. The van der Waals surface area contributed by atoms with Gasteiger partial charge in [-0.25, -0.2) is 9.97 Å². The molecule has 0 fully saturated rings. The molecular formula is C10H16BrN3S. The van der Waals surface area contributed by atoms with Crippen molar-refractivity contribution in [2.45, 2.75) is 32.4 Å². The Morgan fingerprint density at radius 3 is 2.67 bits per heavy atom. The number of aromatic nitrogens is 2. The van der Waals surface area contributed by atoms with Crippen LogP contribution in [0.4, 0.5) is 5.82 Å². The smallest absolute Gasteiger partial charge is 0.141 e. The van der Waals surface area contributed by atoms with E-state index in [2.05, 4.69) is 39.7 Å². The average Bonchev–Trinajstić information content (AvgIpc) is 2.22. The van der Waals surface area contributed by atoms with Crippen molar-refractivity contribution in [2.75, 3.05) is 11.5 Å². The highest BCUT2D eigenvalue weighted by Gasteiger charge is 2.08. The molecule has 1 rings (SSSR count). The van der Waals surface area contributed by atoms with E-state index in [1.807, 2.05) is 0 Å². The van der Waals surface area contributed by atoms with Gasteiger partial charge >= 0.3 is 0 Å². The number of aryl methyl sites for hydroxylation is 1. The lowest BCUT2D eigenvalue weighted by atomic mass is 10.2. The fourth-order valence-electron chi connectivity index (χ4n) is 1.23. The van der Waals surface area contributed by atoms with Gasteiger partial charge in [-0.05, 0) is 28.1 Å². The maximum atomic E-state index is 5.82. The van der Waals surface area contributed by atoms with Gasteiger partial charge < -0.3 is 5.73 Å². The van der Waals surface area contributed by atoms with Gasteiger partial charge in [-0.2, -0.15) is 11.8 Å². The molecule has 15 heavy (non-hydrogen) atoms. The first-order valence-electron chi connectivity index (χ1n) is 5.07. The highest BCUT2D eigenvalue weighted by molar-refractivity contribution is 9.10. The van der Waals surface area contributed by atoms with Crippen LogP contribution in [-0.2, 0) is 12.2 Å². The largest absolute Gasteiger partial charge is 0.383 e. The molecular weight excluding hydrogens is 274 g/mol. The number of anilines is 1. The van der Waals surface area contributed by atoms with Crippen LogP contribution in [0.2, 0.25) is 0 Å². The van der Waals surface area contributed by atoms with E-state index in [0.29, 0.717) is 5.82 Å². The Bertz CT molecular complexity index is 331. The van der Waals surface area contributed by atoms with Gasteiger partial charge in [0.25, 0.3) is 0 Å². The number of nitrogens with zero attached hydrogens (tertiary/aromatic N) is 2. The minimum atomic E-state index is 0.556. The predicted octanol–water partition coefficient (Wildman–Crippen LogP) is 3.03. The zero-order valence-electron chi connectivity index (χ0n) is 9.09. The van der Waals surface area contributed by atoms with Gasteiger partial charge in [0.2, 0.25) is 0 Å². The summed E-state index contributed by atoms with van der Waals surface area (Å²) < 4.78 is 0.856. The molecule has 5 heteroatoms. The number of hydrogen-bond donors (Lipinski definition) is 1. The number of nitrogen functional groups attached to an aromatic ring is 1. The Morgan fingerprint density at radius 1 is 1.33 bits per heavy atom. The molecule has 1 heterocycles. The molecule has 0 bridgehead atoms. The predicted molar refractivity (Wildman–Crippen MR) is 70.0 cm³/mol. The highest BCUT2D eigenvalue weighted by atomic mass is 79.9. The Labute approximate surface area is 103 Å². The molecule has 1 aromatic rings. The Morgan fingerprint density at radius 2 is 2.07 bits per heavy atom. The van der Waals surface area contributed by atoms with Gasteiger partial charge in [0.15, 0.2) is 0 Å². The van der Waals surface area contributed by atoms with Gasteiger partial charge in [-0.1, -0.05) is 20.3 Å². The number of halogens is 1. The molecule has 0 amide bonds. The Kier molecular flexibility index (Phi) is 5.39. The van der Waals surface area contributed by atoms with Crippen LogP contribution in [0.5, 0.6) is 0 Å². The standard InChI is InChI=1S/C10H16BrN3S/c1-3-5-7-9(11)10(12)14-8(13-7)6-15-4-2/h3-6H2,1-2H3,(H2,12,13,14). The molecule has 0 atom stereocenters. The maximum Gasteiger partial charge on any atom is 0.141 e. The summed E-state index contributed by atoms with van der Waals surface area (Å²) in [6, 6.07) is 0. The third-order valence-electron chi connectivity index (χ3n) is 1.91. The number of thioether (sulfide) groups is 1. The van der Waals surface area contributed by atoms with Crippen LogP contribution in [0.25, 0.3) is 0 Å². The second-order valence-electron chi connectivity index (χ2n) is 3.17. The molecule has 2 N–H and O–H groups in total. The van der Waals surface area contributed by atoms with Crippen LogP contribution in [0.15, 0.2) is 4.47 Å². The summed E-state index contributed by atoms with van der Waals surface area (Å²) in [6.07, 6.45) is 2.01. The van der Waals surface area contributed by atoms with E-state index in [9.17, 15) is 0 Å². The molecule has 0 aliphatic heterocycles. The lowest BCUT2D eigenvalue weighted by molar-refractivity contribution is 0.848. The molecule has 0 saturated carbocycles. The molecule has 0 radical (unpaired) electrons. The molecule has 84 valence electrons. The molecule has 0 spiro atoms. The zero-order valence-corrected chi connectivity index (χ0v) is 11.5. The minimum absolute atomic E-state index is 0.556. The maximum absolute atomic E-state index is 5.82. The van der Waals surface area contributed by atoms with Crippen LogP contribution in [-0.4, -0.2) is 15.7 Å². The topological polar surface area (TPSA) is 51.8 Å². The molecule has 0 unspecified atom stereocenters. The normalized spacial score (nSPS) is 10.6. The van der Waals surface area contributed by atoms with Crippen LogP contribution >= 0.6 is 27.7 Å². The number of nitrogens with two attached hydrogens (primary N) is 1. The van der Waals surface area contributed by atoms with E-state index in [1.165, 1.54) is 0 Å². The molecule has 0 aromatic carbocycles. The first-order valence-corrected chi connectivity index (χ1v) is 7.02. The van der Waals surface area contributed by atoms with E-state index >= 15 is 0 Å². The lowest BCUT2D eigenvalue weighted by Gasteiger charge is -2.07. The summed E-state index contributed by atoms with van der Waals surface area (Å²) in [4.78, 5) is 8.75. The molecule has 0 aliphatic carbocycles. The van der Waals surface area contributed by atoms with Gasteiger partial charge in [-0.15, -0.1) is 0 Å². The molecule has 1 aromatic heterocycles. The molecule has 0 saturated heterocycles.